The smallest absolute Gasteiger partial charge is 0.338 e. The lowest BCUT2D eigenvalue weighted by atomic mass is 9.94. The molecule has 1 aliphatic carbocycles. The third-order valence-corrected chi connectivity index (χ3v) is 4.72. The van der Waals surface area contributed by atoms with Crippen molar-refractivity contribution in [1.82, 2.24) is 0 Å². The van der Waals surface area contributed by atoms with E-state index in [4.69, 9.17) is 5.11 Å². The fraction of sp³-hybridized carbons (Fsp3) is 0.500. The summed E-state index contributed by atoms with van der Waals surface area (Å²) in [6.45, 7) is 0. The van der Waals surface area contributed by atoms with Crippen LogP contribution in [0.3, 0.4) is 0 Å². The molecule has 0 spiro atoms. The highest BCUT2D eigenvalue weighted by molar-refractivity contribution is 7.99. The van der Waals surface area contributed by atoms with Crippen LogP contribution in [-0.2, 0) is 0 Å². The lowest BCUT2D eigenvalue weighted by molar-refractivity contribution is 0.0692. The molecule has 1 aromatic carbocycles. The number of anilines is 1. The molecular formula is C14H18FNO2S. The molecule has 2 N–H and O–H groups in total. The van der Waals surface area contributed by atoms with Crippen LogP contribution in [0.5, 0.6) is 0 Å². The summed E-state index contributed by atoms with van der Waals surface area (Å²) in [6, 6.07) is 4.57. The van der Waals surface area contributed by atoms with Crippen molar-refractivity contribution in [2.45, 2.75) is 37.0 Å². The lowest BCUT2D eigenvalue weighted by Gasteiger charge is -2.28. The Kier molecular flexibility index (Phi) is 4.69. The Morgan fingerprint density at radius 2 is 2.05 bits per heavy atom. The van der Waals surface area contributed by atoms with E-state index >= 15 is 0 Å². The number of carboxylic acids is 1. The number of benzene rings is 1. The molecule has 104 valence electrons. The van der Waals surface area contributed by atoms with Gasteiger partial charge >= 0.3 is 5.97 Å². The first-order valence-electron chi connectivity index (χ1n) is 6.42. The van der Waals surface area contributed by atoms with Crippen LogP contribution < -0.4 is 5.32 Å². The first-order chi connectivity index (χ1) is 9.10. The predicted octanol–water partition coefficient (Wildman–Crippen LogP) is 3.61. The van der Waals surface area contributed by atoms with Crippen LogP contribution >= 0.6 is 11.8 Å². The molecule has 19 heavy (non-hydrogen) atoms. The minimum Gasteiger partial charge on any atom is -0.478 e. The zero-order valence-corrected chi connectivity index (χ0v) is 11.7. The zero-order chi connectivity index (χ0) is 13.8. The van der Waals surface area contributed by atoms with Gasteiger partial charge in [-0.25, -0.2) is 9.18 Å². The third-order valence-electron chi connectivity index (χ3n) is 3.58. The maximum absolute atomic E-state index is 13.5. The van der Waals surface area contributed by atoms with E-state index in [1.54, 1.807) is 6.07 Å². The van der Waals surface area contributed by atoms with E-state index in [1.165, 1.54) is 25.0 Å². The van der Waals surface area contributed by atoms with Gasteiger partial charge in [0.2, 0.25) is 0 Å². The quantitative estimate of drug-likeness (QED) is 0.886. The predicted molar refractivity (Wildman–Crippen MR) is 76.5 cm³/mol. The van der Waals surface area contributed by atoms with Crippen LogP contribution in [0.2, 0.25) is 0 Å². The number of hydrogen-bond donors (Lipinski definition) is 2. The average molecular weight is 283 g/mol. The summed E-state index contributed by atoms with van der Waals surface area (Å²) in [5.41, 5.74) is 0.381. The highest BCUT2D eigenvalue weighted by atomic mass is 32.2. The van der Waals surface area contributed by atoms with Crippen molar-refractivity contribution < 1.29 is 14.3 Å². The van der Waals surface area contributed by atoms with Crippen molar-refractivity contribution in [2.75, 3.05) is 11.6 Å². The number of thioether (sulfide) groups is 1. The number of nitrogens with one attached hydrogen (secondary N) is 1. The number of carboxylic acid groups (broad SMARTS) is 1. The van der Waals surface area contributed by atoms with Crippen molar-refractivity contribution in [1.29, 1.82) is 0 Å². The molecule has 0 unspecified atom stereocenters. The molecule has 3 nitrogen and oxygen atoms in total. The second-order valence-electron chi connectivity index (χ2n) is 4.85. The van der Waals surface area contributed by atoms with Gasteiger partial charge in [0.1, 0.15) is 5.82 Å². The molecule has 0 heterocycles. The minimum atomic E-state index is -1.23. The van der Waals surface area contributed by atoms with Crippen LogP contribution in [0.1, 0.15) is 36.0 Å². The highest BCUT2D eigenvalue weighted by Crippen LogP contribution is 2.29. The first-order valence-corrected chi connectivity index (χ1v) is 7.71. The molecule has 0 bridgehead atoms. The van der Waals surface area contributed by atoms with Crippen molar-refractivity contribution in [2.24, 2.45) is 0 Å². The molecule has 1 aromatic rings. The standard InChI is InChI=1S/C14H18FNO2S/c1-19-11-5-2-9(3-6-11)16-10-4-7-12(14(17)18)13(15)8-10/h4,7-9,11,16H,2-3,5-6H2,1H3,(H,17,18). The molecule has 5 heteroatoms. The number of aromatic carboxylic acids is 1. The van der Waals surface area contributed by atoms with Crippen LogP contribution in [0.4, 0.5) is 10.1 Å². The molecule has 1 fully saturated rings. The fourth-order valence-electron chi connectivity index (χ4n) is 2.46. The SMILES string of the molecule is CSC1CCC(Nc2ccc(C(=O)O)c(F)c2)CC1. The summed E-state index contributed by atoms with van der Waals surface area (Å²) >= 11 is 1.91. The summed E-state index contributed by atoms with van der Waals surface area (Å²) in [5, 5.41) is 12.8. The number of rotatable bonds is 4. The second kappa shape index (κ2) is 6.28. The molecule has 0 aliphatic heterocycles. The van der Waals surface area contributed by atoms with Gasteiger partial charge in [-0.15, -0.1) is 0 Å². The van der Waals surface area contributed by atoms with Crippen molar-refractivity contribution in [3.05, 3.63) is 29.6 Å². The summed E-state index contributed by atoms with van der Waals surface area (Å²) in [5.74, 6) is -1.92. The van der Waals surface area contributed by atoms with E-state index in [1.807, 2.05) is 11.8 Å². The largest absolute Gasteiger partial charge is 0.478 e. The molecule has 0 radical (unpaired) electrons. The van der Waals surface area contributed by atoms with E-state index in [9.17, 15) is 9.18 Å². The second-order valence-corrected chi connectivity index (χ2v) is 5.99. The van der Waals surface area contributed by atoms with Gasteiger partial charge < -0.3 is 10.4 Å². The third kappa shape index (κ3) is 3.62. The van der Waals surface area contributed by atoms with E-state index in [-0.39, 0.29) is 5.56 Å². The maximum Gasteiger partial charge on any atom is 0.338 e. The number of hydrogen-bond acceptors (Lipinski definition) is 3. The summed E-state index contributed by atoms with van der Waals surface area (Å²) in [4.78, 5) is 10.7. The van der Waals surface area contributed by atoms with Crippen LogP contribution in [0.25, 0.3) is 0 Å². The Morgan fingerprint density at radius 1 is 1.37 bits per heavy atom. The molecule has 0 amide bonds. The van der Waals surface area contributed by atoms with Crippen molar-refractivity contribution in [3.63, 3.8) is 0 Å². The molecule has 0 atom stereocenters. The highest BCUT2D eigenvalue weighted by Gasteiger charge is 2.20. The topological polar surface area (TPSA) is 49.3 Å². The van der Waals surface area contributed by atoms with Crippen LogP contribution in [0, 0.1) is 5.82 Å². The van der Waals surface area contributed by atoms with E-state index in [2.05, 4.69) is 11.6 Å². The van der Waals surface area contributed by atoms with E-state index in [0.29, 0.717) is 11.7 Å². The lowest BCUT2D eigenvalue weighted by Crippen LogP contribution is -2.27. The Morgan fingerprint density at radius 3 is 2.58 bits per heavy atom. The van der Waals surface area contributed by atoms with Gasteiger partial charge in [-0.2, -0.15) is 11.8 Å². The Balaban J connectivity index is 1.97. The van der Waals surface area contributed by atoms with Crippen molar-refractivity contribution in [3.8, 4) is 0 Å². The molecule has 2 rings (SSSR count). The maximum atomic E-state index is 13.5. The molecule has 1 saturated carbocycles. The first kappa shape index (κ1) is 14.2. The van der Waals surface area contributed by atoms with Gasteiger partial charge in [0.15, 0.2) is 0 Å². The van der Waals surface area contributed by atoms with E-state index in [0.717, 1.165) is 18.1 Å². The van der Waals surface area contributed by atoms with Gasteiger partial charge in [0, 0.05) is 17.0 Å². The number of halogens is 1. The minimum absolute atomic E-state index is 0.281. The molecule has 1 aliphatic rings. The average Bonchev–Trinajstić information content (AvgIpc) is 2.39. The monoisotopic (exact) mass is 283 g/mol. The van der Waals surface area contributed by atoms with E-state index < -0.39 is 11.8 Å². The summed E-state index contributed by atoms with van der Waals surface area (Å²) < 4.78 is 13.5. The Labute approximate surface area is 116 Å². The number of carbonyl (C=O) groups is 1. The van der Waals surface area contributed by atoms with Gasteiger partial charge in [-0.3, -0.25) is 0 Å². The fourth-order valence-corrected chi connectivity index (χ4v) is 3.20. The normalized spacial score (nSPS) is 23.1. The molecular weight excluding hydrogens is 265 g/mol. The van der Waals surface area contributed by atoms with Gasteiger partial charge in [-0.1, -0.05) is 0 Å². The molecule has 0 aromatic heterocycles. The van der Waals surface area contributed by atoms with Gasteiger partial charge in [-0.05, 0) is 50.1 Å². The summed E-state index contributed by atoms with van der Waals surface area (Å²) in [7, 11) is 0. The van der Waals surface area contributed by atoms with Gasteiger partial charge in [0.25, 0.3) is 0 Å². The zero-order valence-electron chi connectivity index (χ0n) is 10.9. The van der Waals surface area contributed by atoms with Crippen molar-refractivity contribution >= 4 is 23.4 Å². The summed E-state index contributed by atoms with van der Waals surface area (Å²) in [6.07, 6.45) is 6.64. The molecule has 0 saturated heterocycles. The van der Waals surface area contributed by atoms with Crippen LogP contribution in [0.15, 0.2) is 18.2 Å². The Hall–Kier alpha value is -1.23. The van der Waals surface area contributed by atoms with Gasteiger partial charge in [0.05, 0.1) is 5.56 Å². The Bertz CT molecular complexity index is 459. The van der Waals surface area contributed by atoms with Crippen LogP contribution in [-0.4, -0.2) is 28.6 Å².